The van der Waals surface area contributed by atoms with Gasteiger partial charge in [0, 0.05) is 29.2 Å². The maximum absolute atomic E-state index is 13.1. The highest BCUT2D eigenvalue weighted by molar-refractivity contribution is 6.12. The Morgan fingerprint density at radius 2 is 1.80 bits per heavy atom. The number of nitrogens with zero attached hydrogens (tertiary/aromatic N) is 4. The molecule has 0 aliphatic heterocycles. The third-order valence-corrected chi connectivity index (χ3v) is 4.82. The number of carbonyl (C=O) groups is 1. The van der Waals surface area contributed by atoms with Crippen LogP contribution in [0.1, 0.15) is 29.8 Å². The Morgan fingerprint density at radius 3 is 2.47 bits per heavy atom. The summed E-state index contributed by atoms with van der Waals surface area (Å²) in [5, 5.41) is 8.25. The van der Waals surface area contributed by atoms with Crippen LogP contribution in [0.25, 0.3) is 10.8 Å². The number of carbonyl (C=O) groups excluding carboxylic acids is 1. The number of hydrogen-bond donors (Lipinski definition) is 1. The van der Waals surface area contributed by atoms with Gasteiger partial charge >= 0.3 is 0 Å². The first-order valence-corrected chi connectivity index (χ1v) is 9.86. The average molecular weight is 401 g/mol. The minimum absolute atomic E-state index is 0.0756. The van der Waals surface area contributed by atoms with Crippen molar-refractivity contribution < 1.29 is 4.79 Å². The molecule has 2 aromatic heterocycles. The SMILES string of the molecule is CC(C)Cn1cc(C(=O)Nc2ccc(Cn3cncn3)cc2)c2ccccc2c1=O. The van der Waals surface area contributed by atoms with E-state index in [1.165, 1.54) is 6.33 Å². The van der Waals surface area contributed by atoms with Crippen LogP contribution >= 0.6 is 0 Å². The molecule has 0 atom stereocenters. The van der Waals surface area contributed by atoms with Crippen molar-refractivity contribution in [1.82, 2.24) is 19.3 Å². The number of pyridine rings is 1. The fraction of sp³-hybridized carbons (Fsp3) is 0.217. The van der Waals surface area contributed by atoms with E-state index in [2.05, 4.69) is 15.4 Å². The van der Waals surface area contributed by atoms with Gasteiger partial charge in [0.15, 0.2) is 0 Å². The number of fused-ring (bicyclic) bond motifs is 1. The van der Waals surface area contributed by atoms with Crippen LogP contribution in [0.2, 0.25) is 0 Å². The van der Waals surface area contributed by atoms with Gasteiger partial charge in [0.25, 0.3) is 11.5 Å². The molecule has 2 aromatic carbocycles. The fourth-order valence-electron chi connectivity index (χ4n) is 3.45. The predicted molar refractivity (Wildman–Crippen MR) is 117 cm³/mol. The van der Waals surface area contributed by atoms with Crippen molar-refractivity contribution in [3.63, 3.8) is 0 Å². The van der Waals surface area contributed by atoms with Crippen molar-refractivity contribution in [1.29, 1.82) is 0 Å². The molecule has 0 spiro atoms. The molecule has 7 heteroatoms. The normalized spacial score (nSPS) is 11.2. The lowest BCUT2D eigenvalue weighted by Gasteiger charge is -2.14. The predicted octanol–water partition coefficient (Wildman–Crippen LogP) is 3.55. The summed E-state index contributed by atoms with van der Waals surface area (Å²) in [4.78, 5) is 29.8. The van der Waals surface area contributed by atoms with E-state index >= 15 is 0 Å². The van der Waals surface area contributed by atoms with Crippen molar-refractivity contribution in [2.45, 2.75) is 26.9 Å². The molecular weight excluding hydrogens is 378 g/mol. The second kappa shape index (κ2) is 8.32. The molecule has 1 amide bonds. The Kier molecular flexibility index (Phi) is 5.43. The van der Waals surface area contributed by atoms with Gasteiger partial charge in [0.05, 0.1) is 12.1 Å². The van der Waals surface area contributed by atoms with Crippen LogP contribution in [0.4, 0.5) is 5.69 Å². The van der Waals surface area contributed by atoms with Crippen LogP contribution in [0.3, 0.4) is 0 Å². The largest absolute Gasteiger partial charge is 0.322 e. The number of benzene rings is 2. The lowest BCUT2D eigenvalue weighted by Crippen LogP contribution is -2.25. The molecule has 0 aliphatic carbocycles. The van der Waals surface area contributed by atoms with Crippen LogP contribution in [-0.4, -0.2) is 25.2 Å². The summed E-state index contributed by atoms with van der Waals surface area (Å²) >= 11 is 0. The highest BCUT2D eigenvalue weighted by Crippen LogP contribution is 2.18. The summed E-state index contributed by atoms with van der Waals surface area (Å²) in [6.07, 6.45) is 4.82. The third-order valence-electron chi connectivity index (χ3n) is 4.82. The van der Waals surface area contributed by atoms with Gasteiger partial charge in [0.1, 0.15) is 12.7 Å². The molecule has 0 aliphatic rings. The summed E-state index contributed by atoms with van der Waals surface area (Å²) in [5.41, 5.74) is 2.15. The third kappa shape index (κ3) is 4.15. The summed E-state index contributed by atoms with van der Waals surface area (Å²) < 4.78 is 3.36. The molecule has 0 unspecified atom stereocenters. The first-order chi connectivity index (χ1) is 14.5. The number of aromatic nitrogens is 4. The Morgan fingerprint density at radius 1 is 1.07 bits per heavy atom. The van der Waals surface area contributed by atoms with Crippen molar-refractivity contribution in [3.8, 4) is 0 Å². The second-order valence-electron chi connectivity index (χ2n) is 7.68. The van der Waals surface area contributed by atoms with Gasteiger partial charge in [-0.2, -0.15) is 5.10 Å². The molecule has 4 aromatic rings. The number of anilines is 1. The van der Waals surface area contributed by atoms with Crippen LogP contribution < -0.4 is 10.9 Å². The molecule has 0 bridgehead atoms. The Hall–Kier alpha value is -3.74. The van der Waals surface area contributed by atoms with Crippen LogP contribution in [-0.2, 0) is 13.1 Å². The van der Waals surface area contributed by atoms with Gasteiger partial charge in [0.2, 0.25) is 0 Å². The quantitative estimate of drug-likeness (QED) is 0.536. The van der Waals surface area contributed by atoms with Crippen LogP contribution in [0.5, 0.6) is 0 Å². The van der Waals surface area contributed by atoms with Gasteiger partial charge in [-0.15, -0.1) is 0 Å². The van der Waals surface area contributed by atoms with Gasteiger partial charge in [-0.05, 0) is 29.7 Å². The molecule has 7 nitrogen and oxygen atoms in total. The van der Waals surface area contributed by atoms with E-state index in [0.717, 1.165) is 5.56 Å². The fourth-order valence-corrected chi connectivity index (χ4v) is 3.45. The smallest absolute Gasteiger partial charge is 0.258 e. The summed E-state index contributed by atoms with van der Waals surface area (Å²) in [7, 11) is 0. The Bertz CT molecular complexity index is 1220. The van der Waals surface area contributed by atoms with Gasteiger partial charge < -0.3 is 9.88 Å². The highest BCUT2D eigenvalue weighted by atomic mass is 16.2. The topological polar surface area (TPSA) is 81.8 Å². The van der Waals surface area contributed by atoms with Gasteiger partial charge in [-0.3, -0.25) is 9.59 Å². The van der Waals surface area contributed by atoms with Gasteiger partial charge in [-0.1, -0.05) is 44.2 Å². The Balaban J connectivity index is 1.61. The van der Waals surface area contributed by atoms with Gasteiger partial charge in [-0.25, -0.2) is 9.67 Å². The molecule has 4 rings (SSSR count). The van der Waals surface area contributed by atoms with E-state index in [9.17, 15) is 9.59 Å². The molecule has 2 heterocycles. The molecule has 0 fully saturated rings. The lowest BCUT2D eigenvalue weighted by atomic mass is 10.1. The van der Waals surface area contributed by atoms with E-state index in [1.54, 1.807) is 27.8 Å². The minimum atomic E-state index is -0.243. The van der Waals surface area contributed by atoms with E-state index in [4.69, 9.17) is 0 Å². The first kappa shape index (κ1) is 19.6. The summed E-state index contributed by atoms with van der Waals surface area (Å²) in [6, 6.07) is 14.8. The lowest BCUT2D eigenvalue weighted by molar-refractivity contribution is 0.102. The van der Waals surface area contributed by atoms with Crippen LogP contribution in [0.15, 0.2) is 72.2 Å². The van der Waals surface area contributed by atoms with Crippen LogP contribution in [0, 0.1) is 5.92 Å². The monoisotopic (exact) mass is 401 g/mol. The minimum Gasteiger partial charge on any atom is -0.322 e. The average Bonchev–Trinajstić information content (AvgIpc) is 3.24. The molecular formula is C23H23N5O2. The van der Waals surface area contributed by atoms with Crippen molar-refractivity contribution in [3.05, 3.63) is 88.9 Å². The zero-order valence-electron chi connectivity index (χ0n) is 16.9. The maximum Gasteiger partial charge on any atom is 0.258 e. The zero-order valence-corrected chi connectivity index (χ0v) is 16.9. The van der Waals surface area contributed by atoms with E-state index < -0.39 is 0 Å². The summed E-state index contributed by atoms with van der Waals surface area (Å²) in [6.45, 7) is 5.25. The number of amides is 1. The molecule has 0 radical (unpaired) electrons. The zero-order chi connectivity index (χ0) is 21.1. The van der Waals surface area contributed by atoms with Crippen molar-refractivity contribution in [2.24, 2.45) is 5.92 Å². The molecule has 1 N–H and O–H groups in total. The van der Waals surface area contributed by atoms with Crippen molar-refractivity contribution >= 4 is 22.4 Å². The van der Waals surface area contributed by atoms with E-state index in [1.807, 2.05) is 56.3 Å². The molecule has 152 valence electrons. The Labute approximate surface area is 174 Å². The maximum atomic E-state index is 13.1. The molecule has 0 saturated heterocycles. The van der Waals surface area contributed by atoms with E-state index in [-0.39, 0.29) is 17.4 Å². The summed E-state index contributed by atoms with van der Waals surface area (Å²) in [5.74, 6) is 0.0463. The molecule has 30 heavy (non-hydrogen) atoms. The molecule has 0 saturated carbocycles. The number of nitrogens with one attached hydrogen (secondary N) is 1. The first-order valence-electron chi connectivity index (χ1n) is 9.86. The second-order valence-corrected chi connectivity index (χ2v) is 7.68. The highest BCUT2D eigenvalue weighted by Gasteiger charge is 2.15. The van der Waals surface area contributed by atoms with Crippen molar-refractivity contribution in [2.75, 3.05) is 5.32 Å². The standard InChI is InChI=1S/C23H23N5O2/c1-16(2)11-27-13-21(19-5-3-4-6-20(19)23(27)30)22(29)26-18-9-7-17(8-10-18)12-28-15-24-14-25-28/h3-10,13-16H,11-12H2,1-2H3,(H,26,29). The number of hydrogen-bond acceptors (Lipinski definition) is 4. The van der Waals surface area contributed by atoms with E-state index in [0.29, 0.717) is 35.1 Å². The number of rotatable bonds is 6.